The minimum Gasteiger partial charge on any atom is -0.461 e. The van der Waals surface area contributed by atoms with E-state index in [-0.39, 0.29) is 36.4 Å². The van der Waals surface area contributed by atoms with Gasteiger partial charge in [0.1, 0.15) is 18.2 Å². The van der Waals surface area contributed by atoms with Crippen molar-refractivity contribution < 1.29 is 29.0 Å². The van der Waals surface area contributed by atoms with Crippen LogP contribution in [-0.4, -0.2) is 76.7 Å². The lowest BCUT2D eigenvalue weighted by molar-refractivity contribution is -0.153. The normalized spacial score (nSPS) is 29.3. The third-order valence-corrected chi connectivity index (χ3v) is 8.77. The molecule has 8 nitrogen and oxygen atoms in total. The fourth-order valence-corrected chi connectivity index (χ4v) is 7.26. The molecular formula is C29H37BrN2O6. The number of esters is 1. The number of nitrogens with zero attached hydrogens (tertiary/aromatic N) is 2. The van der Waals surface area contributed by atoms with Crippen LogP contribution >= 0.6 is 15.9 Å². The summed E-state index contributed by atoms with van der Waals surface area (Å²) in [4.78, 5) is 44.8. The molecule has 0 radical (unpaired) electrons. The highest BCUT2D eigenvalue weighted by molar-refractivity contribution is 9.09. The summed E-state index contributed by atoms with van der Waals surface area (Å²) >= 11 is 3.68. The zero-order valence-electron chi connectivity index (χ0n) is 22.1. The summed E-state index contributed by atoms with van der Waals surface area (Å²) in [5, 5.41) is 9.23. The first-order chi connectivity index (χ1) is 18.2. The topological polar surface area (TPSA) is 96.4 Å². The average molecular weight is 590 g/mol. The molecule has 1 aromatic carbocycles. The predicted octanol–water partition coefficient (Wildman–Crippen LogP) is 3.46. The molecule has 1 aromatic rings. The lowest BCUT2D eigenvalue weighted by atomic mass is 9.70. The summed E-state index contributed by atoms with van der Waals surface area (Å²) in [6.07, 6.45) is 4.96. The summed E-state index contributed by atoms with van der Waals surface area (Å²) < 4.78 is 11.9. The smallest absolute Gasteiger partial charge is 0.312 e. The highest BCUT2D eigenvalue weighted by Gasteiger charge is 2.77. The molecule has 2 amide bonds. The number of ether oxygens (including phenoxy) is 2. The van der Waals surface area contributed by atoms with E-state index < -0.39 is 35.6 Å². The lowest BCUT2D eigenvalue weighted by Crippen LogP contribution is -2.57. The van der Waals surface area contributed by atoms with E-state index in [1.807, 2.05) is 32.0 Å². The Hall–Kier alpha value is -2.49. The molecule has 1 spiro atoms. The van der Waals surface area contributed by atoms with Crippen LogP contribution < -0.4 is 4.90 Å². The number of anilines is 1. The molecule has 3 heterocycles. The monoisotopic (exact) mass is 588 g/mol. The number of alkyl halides is 1. The van der Waals surface area contributed by atoms with Crippen molar-refractivity contribution in [1.82, 2.24) is 4.90 Å². The van der Waals surface area contributed by atoms with Crippen LogP contribution in [0.3, 0.4) is 0 Å². The Morgan fingerprint density at radius 1 is 1.26 bits per heavy atom. The summed E-state index contributed by atoms with van der Waals surface area (Å²) in [6.45, 7) is 12.1. The standard InChI is InChI=1S/C29H37BrN2O6/c1-5-12-31(21-16-18(3)10-11-19(21)4)27(35)25-29-17-20(30)24(38-29)22(28(36)37-15-6-2)23(29)26(34)32(25)13-8-7-9-14-33/h5-6,10-11,16,20,22-25,33H,1-2,7-9,12-15,17H2,3-4H3/t20?,22-,23+,24-,25?,29?/m1/s1. The van der Waals surface area contributed by atoms with Crippen molar-refractivity contribution in [2.45, 2.75) is 62.1 Å². The molecule has 4 rings (SSSR count). The summed E-state index contributed by atoms with van der Waals surface area (Å²) in [7, 11) is 0. The van der Waals surface area contributed by atoms with Crippen LogP contribution in [0.15, 0.2) is 43.5 Å². The molecule has 0 aliphatic carbocycles. The van der Waals surface area contributed by atoms with Gasteiger partial charge in [-0.3, -0.25) is 14.4 Å². The fourth-order valence-electron chi connectivity index (χ4n) is 6.32. The number of amides is 2. The van der Waals surface area contributed by atoms with Crippen LogP contribution in [-0.2, 0) is 23.9 Å². The SMILES string of the molecule is C=CCOC(=O)[C@H]1[C@@H]2OC3(CC2Br)C(C(=O)N(CC=C)c2cc(C)ccc2C)N(CCCCCO)C(=O)[C@H]13. The molecule has 1 N–H and O–H groups in total. The van der Waals surface area contributed by atoms with Gasteiger partial charge in [-0.2, -0.15) is 0 Å². The van der Waals surface area contributed by atoms with E-state index in [0.29, 0.717) is 32.2 Å². The van der Waals surface area contributed by atoms with Crippen molar-refractivity contribution in [2.24, 2.45) is 11.8 Å². The number of likely N-dealkylation sites (tertiary alicyclic amines) is 1. The molecule has 0 aromatic heterocycles. The molecule has 0 saturated carbocycles. The largest absolute Gasteiger partial charge is 0.461 e. The maximum absolute atomic E-state index is 14.5. The second kappa shape index (κ2) is 11.7. The third-order valence-electron chi connectivity index (χ3n) is 7.93. The Bertz CT molecular complexity index is 1110. The maximum atomic E-state index is 14.5. The van der Waals surface area contributed by atoms with Gasteiger partial charge in [-0.1, -0.05) is 46.8 Å². The van der Waals surface area contributed by atoms with Crippen LogP contribution in [0.5, 0.6) is 0 Å². The van der Waals surface area contributed by atoms with Gasteiger partial charge in [0, 0.05) is 30.2 Å². The summed E-state index contributed by atoms with van der Waals surface area (Å²) in [5.74, 6) is -2.64. The van der Waals surface area contributed by atoms with E-state index in [2.05, 4.69) is 29.1 Å². The van der Waals surface area contributed by atoms with Crippen LogP contribution in [0.2, 0.25) is 0 Å². The van der Waals surface area contributed by atoms with E-state index in [1.54, 1.807) is 15.9 Å². The lowest BCUT2D eigenvalue weighted by Gasteiger charge is -2.37. The van der Waals surface area contributed by atoms with E-state index in [0.717, 1.165) is 16.8 Å². The number of aryl methyl sites for hydroxylation is 2. The average Bonchev–Trinajstić information content (AvgIpc) is 3.48. The maximum Gasteiger partial charge on any atom is 0.312 e. The molecule has 3 unspecified atom stereocenters. The molecule has 3 fully saturated rings. The molecule has 38 heavy (non-hydrogen) atoms. The second-order valence-electron chi connectivity index (χ2n) is 10.4. The Balaban J connectivity index is 1.77. The number of halogens is 1. The van der Waals surface area contributed by atoms with Gasteiger partial charge < -0.3 is 24.4 Å². The number of unbranched alkanes of at least 4 members (excludes halogenated alkanes) is 2. The summed E-state index contributed by atoms with van der Waals surface area (Å²) in [6, 6.07) is 5.02. The predicted molar refractivity (Wildman–Crippen MR) is 148 cm³/mol. The third kappa shape index (κ3) is 4.84. The Morgan fingerprint density at radius 3 is 2.71 bits per heavy atom. The molecule has 6 atom stereocenters. The zero-order chi connectivity index (χ0) is 27.6. The van der Waals surface area contributed by atoms with Gasteiger partial charge in [0.05, 0.1) is 17.9 Å². The number of fused-ring (bicyclic) bond motifs is 1. The van der Waals surface area contributed by atoms with Gasteiger partial charge in [-0.15, -0.1) is 6.58 Å². The van der Waals surface area contributed by atoms with Gasteiger partial charge in [0.2, 0.25) is 5.91 Å². The molecule has 3 saturated heterocycles. The van der Waals surface area contributed by atoms with Crippen LogP contribution in [0.4, 0.5) is 5.69 Å². The van der Waals surface area contributed by atoms with Gasteiger partial charge in [0.25, 0.3) is 5.91 Å². The van der Waals surface area contributed by atoms with Crippen LogP contribution in [0.1, 0.15) is 36.8 Å². The Kier molecular flexibility index (Phi) is 8.79. The van der Waals surface area contributed by atoms with Crippen molar-refractivity contribution in [2.75, 3.05) is 31.2 Å². The molecular weight excluding hydrogens is 552 g/mol. The van der Waals surface area contributed by atoms with Crippen LogP contribution in [0.25, 0.3) is 0 Å². The molecule has 3 aliphatic rings. The van der Waals surface area contributed by atoms with E-state index in [9.17, 15) is 19.5 Å². The Labute approximate surface area is 232 Å². The molecule has 9 heteroatoms. The minimum absolute atomic E-state index is 0.0376. The number of hydrogen-bond acceptors (Lipinski definition) is 6. The number of carbonyl (C=O) groups is 3. The van der Waals surface area contributed by atoms with Crippen molar-refractivity contribution in [3.63, 3.8) is 0 Å². The number of benzene rings is 1. The fraction of sp³-hybridized carbons (Fsp3) is 0.552. The first-order valence-corrected chi connectivity index (χ1v) is 14.1. The molecule has 2 bridgehead atoms. The van der Waals surface area contributed by atoms with Gasteiger partial charge in [0.15, 0.2) is 0 Å². The highest BCUT2D eigenvalue weighted by atomic mass is 79.9. The van der Waals surface area contributed by atoms with Crippen LogP contribution in [0, 0.1) is 25.7 Å². The second-order valence-corrected chi connectivity index (χ2v) is 11.6. The zero-order valence-corrected chi connectivity index (χ0v) is 23.7. The number of rotatable bonds is 12. The van der Waals surface area contributed by atoms with E-state index in [4.69, 9.17) is 9.47 Å². The van der Waals surface area contributed by atoms with Gasteiger partial charge in [-0.05, 0) is 56.7 Å². The number of carbonyl (C=O) groups excluding carboxylic acids is 3. The molecule has 3 aliphatic heterocycles. The van der Waals surface area contributed by atoms with E-state index >= 15 is 0 Å². The van der Waals surface area contributed by atoms with Crippen molar-refractivity contribution in [3.8, 4) is 0 Å². The number of aliphatic hydroxyl groups excluding tert-OH is 1. The van der Waals surface area contributed by atoms with Crippen molar-refractivity contribution in [1.29, 1.82) is 0 Å². The van der Waals surface area contributed by atoms with Crippen molar-refractivity contribution in [3.05, 3.63) is 54.6 Å². The first kappa shape index (κ1) is 28.5. The van der Waals surface area contributed by atoms with Gasteiger partial charge in [-0.25, -0.2) is 0 Å². The highest BCUT2D eigenvalue weighted by Crippen LogP contribution is 2.60. The summed E-state index contributed by atoms with van der Waals surface area (Å²) in [5.41, 5.74) is 1.54. The quantitative estimate of drug-likeness (QED) is 0.174. The Morgan fingerprint density at radius 2 is 2.03 bits per heavy atom. The first-order valence-electron chi connectivity index (χ1n) is 13.2. The number of hydrogen-bond donors (Lipinski definition) is 1. The minimum atomic E-state index is -1.15. The van der Waals surface area contributed by atoms with E-state index in [1.165, 1.54) is 6.08 Å². The van der Waals surface area contributed by atoms with Crippen molar-refractivity contribution >= 4 is 39.4 Å². The number of aliphatic hydroxyl groups is 1. The molecule has 206 valence electrons. The van der Waals surface area contributed by atoms with Gasteiger partial charge >= 0.3 is 5.97 Å².